The van der Waals surface area contributed by atoms with Crippen molar-refractivity contribution in [1.82, 2.24) is 19.5 Å². The minimum atomic E-state index is -4.63. The Hall–Kier alpha value is -3.00. The maximum absolute atomic E-state index is 13.0. The summed E-state index contributed by atoms with van der Waals surface area (Å²) in [6.45, 7) is 3.08. The minimum Gasteiger partial charge on any atom is -0.324 e. The first-order valence-corrected chi connectivity index (χ1v) is 10.2. The summed E-state index contributed by atoms with van der Waals surface area (Å²) in [4.78, 5) is 11.7. The van der Waals surface area contributed by atoms with Crippen LogP contribution in [0, 0.1) is 11.3 Å². The molecular weight excluding hydrogens is 407 g/mol. The topological polar surface area (TPSA) is 102 Å². The number of hydrogen-bond acceptors (Lipinski definition) is 6. The van der Waals surface area contributed by atoms with E-state index in [0.717, 1.165) is 12.3 Å². The molecule has 0 aliphatic rings. The van der Waals surface area contributed by atoms with Gasteiger partial charge in [-0.05, 0) is 24.6 Å². The Morgan fingerprint density at radius 2 is 1.93 bits per heavy atom. The average molecular weight is 423 g/mol. The van der Waals surface area contributed by atoms with Crippen molar-refractivity contribution < 1.29 is 21.6 Å². The first-order valence-electron chi connectivity index (χ1n) is 8.52. The lowest BCUT2D eigenvalue weighted by Gasteiger charge is -2.11. The highest BCUT2D eigenvalue weighted by Crippen LogP contribution is 2.33. The maximum atomic E-state index is 13.0. The fourth-order valence-corrected chi connectivity index (χ4v) is 3.85. The van der Waals surface area contributed by atoms with E-state index in [1.54, 1.807) is 6.92 Å². The molecule has 1 atom stereocenters. The van der Waals surface area contributed by atoms with Crippen LogP contribution in [-0.2, 0) is 23.1 Å². The first-order chi connectivity index (χ1) is 13.5. The number of alkyl halides is 3. The van der Waals surface area contributed by atoms with Crippen LogP contribution in [-0.4, -0.2) is 33.7 Å². The molecule has 0 aliphatic carbocycles. The predicted molar refractivity (Wildman–Crippen MR) is 98.5 cm³/mol. The molecule has 3 aromatic heterocycles. The van der Waals surface area contributed by atoms with Gasteiger partial charge in [0.2, 0.25) is 0 Å². The van der Waals surface area contributed by atoms with Crippen LogP contribution in [0.25, 0.3) is 22.6 Å². The van der Waals surface area contributed by atoms with Crippen molar-refractivity contribution in [3.63, 3.8) is 0 Å². The summed E-state index contributed by atoms with van der Waals surface area (Å²) in [5.41, 5.74) is -0.358. The van der Waals surface area contributed by atoms with E-state index in [-0.39, 0.29) is 27.7 Å². The zero-order valence-corrected chi connectivity index (χ0v) is 16.5. The van der Waals surface area contributed by atoms with E-state index in [4.69, 9.17) is 5.26 Å². The Bertz CT molecular complexity index is 1240. The molecule has 0 radical (unpaired) electrons. The van der Waals surface area contributed by atoms with Crippen molar-refractivity contribution in [3.05, 3.63) is 35.8 Å². The van der Waals surface area contributed by atoms with Crippen molar-refractivity contribution in [1.29, 1.82) is 5.26 Å². The fraction of sp³-hybridized carbons (Fsp3) is 0.333. The second-order valence-corrected chi connectivity index (χ2v) is 8.67. The zero-order valence-electron chi connectivity index (χ0n) is 15.7. The highest BCUT2D eigenvalue weighted by atomic mass is 32.2. The van der Waals surface area contributed by atoms with Gasteiger partial charge in [0, 0.05) is 13.2 Å². The number of nitrogens with zero attached hydrogens (tertiary/aromatic N) is 5. The van der Waals surface area contributed by atoms with Crippen molar-refractivity contribution >= 4 is 20.9 Å². The molecule has 0 fully saturated rings. The van der Waals surface area contributed by atoms with Gasteiger partial charge in [-0.15, -0.1) is 0 Å². The summed E-state index contributed by atoms with van der Waals surface area (Å²) >= 11 is 0. The fourth-order valence-electron chi connectivity index (χ4n) is 2.79. The third kappa shape index (κ3) is 3.67. The Morgan fingerprint density at radius 3 is 2.52 bits per heavy atom. The molecule has 7 nitrogen and oxygen atoms in total. The van der Waals surface area contributed by atoms with Gasteiger partial charge in [0.1, 0.15) is 11.4 Å². The summed E-state index contributed by atoms with van der Waals surface area (Å²) in [5, 5.41) is 9.11. The molecule has 0 aliphatic heterocycles. The van der Waals surface area contributed by atoms with E-state index < -0.39 is 27.6 Å². The van der Waals surface area contributed by atoms with Gasteiger partial charge >= 0.3 is 6.18 Å². The van der Waals surface area contributed by atoms with Gasteiger partial charge in [0.15, 0.2) is 15.7 Å². The molecule has 0 amide bonds. The lowest BCUT2D eigenvalue weighted by molar-refractivity contribution is -0.141. The van der Waals surface area contributed by atoms with Gasteiger partial charge in [-0.3, -0.25) is 4.98 Å². The quantitative estimate of drug-likeness (QED) is 0.637. The number of rotatable bonds is 4. The number of halogens is 3. The molecular formula is C18H16F3N5O2S. The lowest BCUT2D eigenvalue weighted by atomic mass is 10.1. The highest BCUT2D eigenvalue weighted by Gasteiger charge is 2.33. The minimum absolute atomic E-state index is 0.00741. The Kier molecular flexibility index (Phi) is 5.08. The van der Waals surface area contributed by atoms with E-state index in [0.29, 0.717) is 11.1 Å². The van der Waals surface area contributed by atoms with E-state index >= 15 is 0 Å². The molecule has 152 valence electrons. The van der Waals surface area contributed by atoms with Crippen LogP contribution in [0.2, 0.25) is 0 Å². The first kappa shape index (κ1) is 20.7. The van der Waals surface area contributed by atoms with Gasteiger partial charge in [0.25, 0.3) is 0 Å². The van der Waals surface area contributed by atoms with Gasteiger partial charge < -0.3 is 4.57 Å². The number of aryl methyl sites for hydroxylation is 1. The SMILES string of the molecule is CCS(=O)(=O)c1cc(C(C)C#N)cnc1-c1nc2cc(C(F)(F)F)ncc2n1C. The molecule has 11 heteroatoms. The van der Waals surface area contributed by atoms with E-state index in [1.165, 1.54) is 30.8 Å². The summed E-state index contributed by atoms with van der Waals surface area (Å²) in [6, 6.07) is 4.19. The van der Waals surface area contributed by atoms with Crippen molar-refractivity contribution in [2.24, 2.45) is 7.05 Å². The standard InChI is InChI=1S/C18H16F3N5O2S/c1-4-29(27,28)14-5-11(10(2)7-22)8-24-16(14)17-25-12-6-15(18(19,20)21)23-9-13(12)26(17)3/h5-6,8-10H,4H2,1-3H3. The smallest absolute Gasteiger partial charge is 0.324 e. The molecule has 0 spiro atoms. The second kappa shape index (κ2) is 7.11. The Labute approximate surface area is 164 Å². The van der Waals surface area contributed by atoms with Crippen LogP contribution in [0.15, 0.2) is 29.4 Å². The van der Waals surface area contributed by atoms with Crippen LogP contribution < -0.4 is 0 Å². The van der Waals surface area contributed by atoms with Crippen molar-refractivity contribution in [2.45, 2.75) is 30.8 Å². The number of nitriles is 1. The van der Waals surface area contributed by atoms with Crippen LogP contribution in [0.4, 0.5) is 13.2 Å². The lowest BCUT2D eigenvalue weighted by Crippen LogP contribution is -2.10. The Morgan fingerprint density at radius 1 is 1.24 bits per heavy atom. The molecule has 0 saturated carbocycles. The molecule has 29 heavy (non-hydrogen) atoms. The molecule has 0 N–H and O–H groups in total. The van der Waals surface area contributed by atoms with Crippen LogP contribution in [0.3, 0.4) is 0 Å². The number of sulfone groups is 1. The number of hydrogen-bond donors (Lipinski definition) is 0. The summed E-state index contributed by atoms with van der Waals surface area (Å²) < 4.78 is 65.6. The predicted octanol–water partition coefficient (Wildman–Crippen LogP) is 3.47. The summed E-state index contributed by atoms with van der Waals surface area (Å²) in [5.74, 6) is -0.707. The van der Waals surface area contributed by atoms with Crippen LogP contribution in [0.5, 0.6) is 0 Å². The van der Waals surface area contributed by atoms with Crippen molar-refractivity contribution in [3.8, 4) is 17.6 Å². The zero-order chi connectivity index (χ0) is 21.6. The number of aromatic nitrogens is 4. The van der Waals surface area contributed by atoms with Crippen molar-refractivity contribution in [2.75, 3.05) is 5.75 Å². The second-order valence-electron chi connectivity index (χ2n) is 6.42. The molecule has 3 aromatic rings. The van der Waals surface area contributed by atoms with Gasteiger partial charge in [0.05, 0.1) is 39.9 Å². The molecule has 0 saturated heterocycles. The van der Waals surface area contributed by atoms with Gasteiger partial charge in [-0.1, -0.05) is 6.92 Å². The third-order valence-electron chi connectivity index (χ3n) is 4.55. The van der Waals surface area contributed by atoms with E-state index in [9.17, 15) is 21.6 Å². The van der Waals surface area contributed by atoms with Crippen LogP contribution in [0.1, 0.15) is 31.0 Å². The molecule has 0 aromatic carbocycles. The summed E-state index contributed by atoms with van der Waals surface area (Å²) in [7, 11) is -2.21. The van der Waals surface area contributed by atoms with Gasteiger partial charge in [-0.2, -0.15) is 18.4 Å². The molecule has 3 heterocycles. The average Bonchev–Trinajstić information content (AvgIpc) is 3.02. The van der Waals surface area contributed by atoms with Crippen LogP contribution >= 0.6 is 0 Å². The largest absolute Gasteiger partial charge is 0.433 e. The molecule has 0 bridgehead atoms. The summed E-state index contributed by atoms with van der Waals surface area (Å²) in [6.07, 6.45) is -2.22. The number of pyridine rings is 2. The number of imidazole rings is 1. The Balaban J connectivity index is 2.29. The molecule has 1 unspecified atom stereocenters. The normalized spacial score (nSPS) is 13.4. The van der Waals surface area contributed by atoms with E-state index in [1.807, 2.05) is 6.07 Å². The van der Waals surface area contributed by atoms with E-state index in [2.05, 4.69) is 15.0 Å². The van der Waals surface area contributed by atoms with Gasteiger partial charge in [-0.25, -0.2) is 18.4 Å². The number of fused-ring (bicyclic) bond motifs is 1. The maximum Gasteiger partial charge on any atom is 0.433 e. The highest BCUT2D eigenvalue weighted by molar-refractivity contribution is 7.91. The molecule has 3 rings (SSSR count). The monoisotopic (exact) mass is 423 g/mol. The third-order valence-corrected chi connectivity index (χ3v) is 6.29.